The summed E-state index contributed by atoms with van der Waals surface area (Å²) in [6.45, 7) is 4.83. The minimum atomic E-state index is -0.486. The quantitative estimate of drug-likeness (QED) is 0.383. The van der Waals surface area contributed by atoms with Crippen molar-refractivity contribution < 1.29 is 9.59 Å². The number of aromatic nitrogens is 2. The van der Waals surface area contributed by atoms with Crippen molar-refractivity contribution in [1.82, 2.24) is 20.6 Å². The monoisotopic (exact) mass is 518 g/mol. The lowest BCUT2D eigenvalue weighted by Gasteiger charge is -2.25. The van der Waals surface area contributed by atoms with Gasteiger partial charge in [0, 0.05) is 42.0 Å². The van der Waals surface area contributed by atoms with Crippen LogP contribution in [-0.4, -0.2) is 48.0 Å². The van der Waals surface area contributed by atoms with Gasteiger partial charge in [0.2, 0.25) is 0 Å². The number of amides is 2. The Kier molecular flexibility index (Phi) is 8.36. The molecule has 0 radical (unpaired) electrons. The zero-order valence-corrected chi connectivity index (χ0v) is 21.2. The number of hydrogen-bond donors (Lipinski definition) is 3. The second-order valence-electron chi connectivity index (χ2n) is 7.92. The van der Waals surface area contributed by atoms with Crippen LogP contribution in [0.1, 0.15) is 58.8 Å². The van der Waals surface area contributed by atoms with Gasteiger partial charge < -0.3 is 20.9 Å². The van der Waals surface area contributed by atoms with E-state index in [9.17, 15) is 9.59 Å². The third kappa shape index (κ3) is 6.25. The Morgan fingerprint density at radius 3 is 2.62 bits per heavy atom. The maximum atomic E-state index is 12.9. The summed E-state index contributed by atoms with van der Waals surface area (Å²) in [6.07, 6.45) is 3.54. The van der Waals surface area contributed by atoms with Crippen molar-refractivity contribution in [2.45, 2.75) is 32.2 Å². The first-order valence-electron chi connectivity index (χ1n) is 11.3. The summed E-state index contributed by atoms with van der Waals surface area (Å²) >= 11 is 9.04. The molecule has 1 atom stereocenters. The molecule has 8 nitrogen and oxygen atoms in total. The standard InChI is InChI=1S/C23H27ClN6O2S2/c1-2-25-22-28-19(13-33-22)21(32)27-17(15-7-6-8-16(24)11-15)12-26-20(31)18-14-34-23(29-18)30-9-4-3-5-10-30/h6-8,11,13-14,17H,2-5,9-10,12H2,1H3,(H,25,28)(H,26,31)(H,27,32). The van der Waals surface area contributed by atoms with E-state index in [4.69, 9.17) is 11.6 Å². The maximum Gasteiger partial charge on any atom is 0.271 e. The summed E-state index contributed by atoms with van der Waals surface area (Å²) in [5.41, 5.74) is 1.50. The number of carbonyl (C=O) groups is 2. The molecular weight excluding hydrogens is 492 g/mol. The van der Waals surface area contributed by atoms with Crippen molar-refractivity contribution in [2.24, 2.45) is 0 Å². The molecule has 0 spiro atoms. The fraction of sp³-hybridized carbons (Fsp3) is 0.391. The molecule has 1 unspecified atom stereocenters. The van der Waals surface area contributed by atoms with Crippen LogP contribution in [0.2, 0.25) is 5.02 Å². The van der Waals surface area contributed by atoms with Crippen molar-refractivity contribution >= 4 is 56.4 Å². The van der Waals surface area contributed by atoms with Crippen LogP contribution in [0.15, 0.2) is 35.0 Å². The number of nitrogens with zero attached hydrogens (tertiary/aromatic N) is 3. The van der Waals surface area contributed by atoms with Crippen molar-refractivity contribution in [1.29, 1.82) is 0 Å². The molecule has 1 saturated heterocycles. The molecule has 0 saturated carbocycles. The average Bonchev–Trinajstić information content (AvgIpc) is 3.53. The number of nitrogens with one attached hydrogen (secondary N) is 3. The summed E-state index contributed by atoms with van der Waals surface area (Å²) in [6, 6.07) is 6.74. The molecule has 0 bridgehead atoms. The summed E-state index contributed by atoms with van der Waals surface area (Å²) in [5, 5.41) is 14.6. The third-order valence-electron chi connectivity index (χ3n) is 5.44. The van der Waals surface area contributed by atoms with Crippen molar-refractivity contribution in [3.63, 3.8) is 0 Å². The lowest BCUT2D eigenvalue weighted by molar-refractivity contribution is 0.0904. The molecule has 11 heteroatoms. The highest BCUT2D eigenvalue weighted by Crippen LogP contribution is 2.24. The minimum Gasteiger partial charge on any atom is -0.362 e. The Morgan fingerprint density at radius 1 is 1.09 bits per heavy atom. The fourth-order valence-electron chi connectivity index (χ4n) is 3.70. The SMILES string of the molecule is CCNc1nc(C(=O)NC(CNC(=O)c2csc(N3CCCCC3)n2)c2cccc(Cl)c2)cs1. The summed E-state index contributed by atoms with van der Waals surface area (Å²) in [4.78, 5) is 36.8. The normalized spacial score (nSPS) is 14.5. The molecule has 34 heavy (non-hydrogen) atoms. The highest BCUT2D eigenvalue weighted by atomic mass is 35.5. The first-order chi connectivity index (χ1) is 16.5. The van der Waals surface area contributed by atoms with E-state index < -0.39 is 6.04 Å². The molecule has 4 rings (SSSR count). The number of piperidine rings is 1. The van der Waals surface area contributed by atoms with Crippen LogP contribution in [0.25, 0.3) is 0 Å². The van der Waals surface area contributed by atoms with Crippen LogP contribution in [0.3, 0.4) is 0 Å². The van der Waals surface area contributed by atoms with Crippen LogP contribution >= 0.6 is 34.3 Å². The second-order valence-corrected chi connectivity index (χ2v) is 10.1. The van der Waals surface area contributed by atoms with Gasteiger partial charge in [0.15, 0.2) is 10.3 Å². The second kappa shape index (κ2) is 11.6. The number of benzene rings is 1. The Hall–Kier alpha value is -2.69. The van der Waals surface area contributed by atoms with Crippen LogP contribution < -0.4 is 20.9 Å². The van der Waals surface area contributed by atoms with Gasteiger partial charge in [0.25, 0.3) is 11.8 Å². The lowest BCUT2D eigenvalue weighted by Crippen LogP contribution is -2.38. The van der Waals surface area contributed by atoms with Crippen LogP contribution in [-0.2, 0) is 0 Å². The van der Waals surface area contributed by atoms with Gasteiger partial charge in [0.1, 0.15) is 11.4 Å². The average molecular weight is 519 g/mol. The molecule has 2 amide bonds. The van der Waals surface area contributed by atoms with Crippen LogP contribution in [0.5, 0.6) is 0 Å². The van der Waals surface area contributed by atoms with E-state index in [1.54, 1.807) is 22.9 Å². The molecule has 1 fully saturated rings. The Morgan fingerprint density at radius 2 is 1.85 bits per heavy atom. The van der Waals surface area contributed by atoms with E-state index in [0.717, 1.165) is 43.2 Å². The van der Waals surface area contributed by atoms with Crippen molar-refractivity contribution in [3.05, 3.63) is 57.0 Å². The van der Waals surface area contributed by atoms with Crippen molar-refractivity contribution in [3.8, 4) is 0 Å². The number of carbonyl (C=O) groups excluding carboxylic acids is 2. The maximum absolute atomic E-state index is 12.9. The molecule has 0 aliphatic carbocycles. The van der Waals surface area contributed by atoms with Crippen LogP contribution in [0.4, 0.5) is 10.3 Å². The van der Waals surface area contributed by atoms with E-state index in [1.165, 1.54) is 29.1 Å². The number of hydrogen-bond acceptors (Lipinski definition) is 8. The molecule has 1 aliphatic heterocycles. The lowest BCUT2D eigenvalue weighted by atomic mass is 10.1. The fourth-order valence-corrected chi connectivity index (χ4v) is 5.52. The predicted molar refractivity (Wildman–Crippen MR) is 138 cm³/mol. The number of thiazole rings is 2. The Labute approximate surface area is 211 Å². The number of halogens is 1. The number of anilines is 2. The van der Waals surface area contributed by atoms with Gasteiger partial charge in [-0.25, -0.2) is 9.97 Å². The van der Waals surface area contributed by atoms with Gasteiger partial charge >= 0.3 is 0 Å². The zero-order valence-electron chi connectivity index (χ0n) is 18.8. The van der Waals surface area contributed by atoms with Gasteiger partial charge in [-0.15, -0.1) is 22.7 Å². The van der Waals surface area contributed by atoms with Crippen molar-refractivity contribution in [2.75, 3.05) is 36.4 Å². The Bertz CT molecular complexity index is 1130. The molecule has 3 N–H and O–H groups in total. The predicted octanol–water partition coefficient (Wildman–Crippen LogP) is 4.58. The van der Waals surface area contributed by atoms with Gasteiger partial charge in [-0.2, -0.15) is 0 Å². The van der Waals surface area contributed by atoms with Gasteiger partial charge in [-0.3, -0.25) is 9.59 Å². The first kappa shape index (κ1) is 24.4. The highest BCUT2D eigenvalue weighted by Gasteiger charge is 2.21. The summed E-state index contributed by atoms with van der Waals surface area (Å²) < 4.78 is 0. The van der Waals surface area contributed by atoms with E-state index in [-0.39, 0.29) is 18.4 Å². The molecule has 2 aromatic heterocycles. The van der Waals surface area contributed by atoms with E-state index in [1.807, 2.05) is 19.1 Å². The molecule has 3 heterocycles. The zero-order chi connectivity index (χ0) is 23.9. The molecule has 180 valence electrons. The van der Waals surface area contributed by atoms with Crippen LogP contribution in [0, 0.1) is 0 Å². The Balaban J connectivity index is 1.43. The van der Waals surface area contributed by atoms with Gasteiger partial charge in [-0.05, 0) is 43.9 Å². The topological polar surface area (TPSA) is 99.2 Å². The first-order valence-corrected chi connectivity index (χ1v) is 13.4. The molecule has 3 aromatic rings. The van der Waals surface area contributed by atoms with Gasteiger partial charge in [0.05, 0.1) is 6.04 Å². The molecule has 1 aliphatic rings. The summed E-state index contributed by atoms with van der Waals surface area (Å²) in [7, 11) is 0. The molecule has 1 aromatic carbocycles. The van der Waals surface area contributed by atoms with Gasteiger partial charge in [-0.1, -0.05) is 23.7 Å². The highest BCUT2D eigenvalue weighted by molar-refractivity contribution is 7.14. The minimum absolute atomic E-state index is 0.186. The van der Waals surface area contributed by atoms with E-state index >= 15 is 0 Å². The summed E-state index contributed by atoms with van der Waals surface area (Å²) in [5.74, 6) is -0.593. The van der Waals surface area contributed by atoms with E-state index in [0.29, 0.717) is 21.5 Å². The third-order valence-corrected chi connectivity index (χ3v) is 7.38. The smallest absolute Gasteiger partial charge is 0.271 e. The largest absolute Gasteiger partial charge is 0.362 e. The molecular formula is C23H27ClN6O2S2. The number of rotatable bonds is 9. The van der Waals surface area contributed by atoms with E-state index in [2.05, 4.69) is 30.8 Å².